The molecule has 0 saturated heterocycles. The summed E-state index contributed by atoms with van der Waals surface area (Å²) in [6.45, 7) is 1.39. The predicted molar refractivity (Wildman–Crippen MR) is 70.0 cm³/mol. The molecule has 1 aromatic heterocycles. The van der Waals surface area contributed by atoms with Crippen LogP contribution in [-0.2, 0) is 20.0 Å². The summed E-state index contributed by atoms with van der Waals surface area (Å²) < 4.78 is 26.8. The molecular formula is C14H17F2N3. The Bertz CT molecular complexity index is 523. The summed E-state index contributed by atoms with van der Waals surface area (Å²) in [5.74, 6) is 0. The quantitative estimate of drug-likeness (QED) is 0.814. The van der Waals surface area contributed by atoms with Crippen molar-refractivity contribution in [1.82, 2.24) is 15.1 Å². The molecule has 0 aliphatic rings. The second-order valence-corrected chi connectivity index (χ2v) is 4.49. The van der Waals surface area contributed by atoms with E-state index in [0.717, 1.165) is 24.1 Å². The third kappa shape index (κ3) is 4.13. The summed E-state index contributed by atoms with van der Waals surface area (Å²) >= 11 is 0. The van der Waals surface area contributed by atoms with Gasteiger partial charge in [-0.15, -0.1) is 0 Å². The maximum atomic E-state index is 12.5. The molecule has 0 aliphatic heterocycles. The van der Waals surface area contributed by atoms with Crippen LogP contribution in [0.5, 0.6) is 0 Å². The molecule has 0 spiro atoms. The molecule has 2 rings (SSSR count). The summed E-state index contributed by atoms with van der Waals surface area (Å²) in [5, 5.41) is 7.33. The average Bonchev–Trinajstić information content (AvgIpc) is 2.81. The van der Waals surface area contributed by atoms with E-state index in [4.69, 9.17) is 0 Å². The molecule has 102 valence electrons. The minimum Gasteiger partial charge on any atom is -0.312 e. The highest BCUT2D eigenvalue weighted by Gasteiger charge is 2.06. The summed E-state index contributed by atoms with van der Waals surface area (Å²) in [5.41, 5.74) is 2.12. The fourth-order valence-corrected chi connectivity index (χ4v) is 1.91. The number of aryl methyl sites for hydroxylation is 1. The first kappa shape index (κ1) is 13.7. The number of aromatic nitrogens is 2. The van der Waals surface area contributed by atoms with E-state index in [0.29, 0.717) is 6.54 Å². The second-order valence-electron chi connectivity index (χ2n) is 4.49. The SMILES string of the molecule is Cn1cc(CCNCc2cccc(C(F)F)c2)cn1. The van der Waals surface area contributed by atoms with E-state index >= 15 is 0 Å². The Labute approximate surface area is 111 Å². The van der Waals surface area contributed by atoms with Crippen molar-refractivity contribution in [1.29, 1.82) is 0 Å². The van der Waals surface area contributed by atoms with Gasteiger partial charge in [0.2, 0.25) is 0 Å². The highest BCUT2D eigenvalue weighted by molar-refractivity contribution is 5.24. The van der Waals surface area contributed by atoms with Gasteiger partial charge in [-0.1, -0.05) is 18.2 Å². The van der Waals surface area contributed by atoms with Crippen LogP contribution in [0.4, 0.5) is 8.78 Å². The lowest BCUT2D eigenvalue weighted by Gasteiger charge is -2.06. The smallest absolute Gasteiger partial charge is 0.263 e. The lowest BCUT2D eigenvalue weighted by atomic mass is 10.1. The molecule has 0 unspecified atom stereocenters. The van der Waals surface area contributed by atoms with Gasteiger partial charge in [-0.25, -0.2) is 8.78 Å². The second kappa shape index (κ2) is 6.43. The normalized spacial score (nSPS) is 11.2. The van der Waals surface area contributed by atoms with Crippen molar-refractivity contribution >= 4 is 0 Å². The molecule has 19 heavy (non-hydrogen) atoms. The fraction of sp³-hybridized carbons (Fsp3) is 0.357. The Morgan fingerprint density at radius 2 is 2.16 bits per heavy atom. The highest BCUT2D eigenvalue weighted by Crippen LogP contribution is 2.19. The van der Waals surface area contributed by atoms with Crippen molar-refractivity contribution < 1.29 is 8.78 Å². The number of alkyl halides is 2. The zero-order valence-corrected chi connectivity index (χ0v) is 10.8. The number of hydrogen-bond acceptors (Lipinski definition) is 2. The molecule has 0 aliphatic carbocycles. The van der Waals surface area contributed by atoms with Gasteiger partial charge in [0.05, 0.1) is 6.20 Å². The topological polar surface area (TPSA) is 29.9 Å². The van der Waals surface area contributed by atoms with E-state index in [1.807, 2.05) is 25.5 Å². The molecular weight excluding hydrogens is 248 g/mol. The Balaban J connectivity index is 1.78. The van der Waals surface area contributed by atoms with Crippen LogP contribution in [0.25, 0.3) is 0 Å². The Morgan fingerprint density at radius 3 is 2.84 bits per heavy atom. The zero-order chi connectivity index (χ0) is 13.7. The predicted octanol–water partition coefficient (Wildman–Crippen LogP) is 2.69. The standard InChI is InChI=1S/C14H17F2N3/c1-19-10-12(9-18-19)5-6-17-8-11-3-2-4-13(7-11)14(15)16/h2-4,7,9-10,14,17H,5-6,8H2,1H3. The minimum absolute atomic E-state index is 0.0755. The molecule has 0 amide bonds. The van der Waals surface area contributed by atoms with Crippen LogP contribution in [0.15, 0.2) is 36.7 Å². The van der Waals surface area contributed by atoms with E-state index in [-0.39, 0.29) is 5.56 Å². The van der Waals surface area contributed by atoms with Gasteiger partial charge in [0.25, 0.3) is 6.43 Å². The number of rotatable bonds is 6. The number of nitrogens with one attached hydrogen (secondary N) is 1. The molecule has 0 atom stereocenters. The molecule has 1 N–H and O–H groups in total. The van der Waals surface area contributed by atoms with Gasteiger partial charge in [-0.2, -0.15) is 5.10 Å². The molecule has 0 bridgehead atoms. The van der Waals surface area contributed by atoms with Crippen LogP contribution in [0.2, 0.25) is 0 Å². The molecule has 0 saturated carbocycles. The van der Waals surface area contributed by atoms with Crippen LogP contribution in [0.3, 0.4) is 0 Å². The van der Waals surface area contributed by atoms with Crippen molar-refractivity contribution in [3.63, 3.8) is 0 Å². The summed E-state index contributed by atoms with van der Waals surface area (Å²) in [6, 6.07) is 6.51. The molecule has 1 heterocycles. The van der Waals surface area contributed by atoms with E-state index in [2.05, 4.69) is 10.4 Å². The van der Waals surface area contributed by atoms with Gasteiger partial charge >= 0.3 is 0 Å². The van der Waals surface area contributed by atoms with Gasteiger partial charge in [0.15, 0.2) is 0 Å². The first-order chi connectivity index (χ1) is 9.15. The Hall–Kier alpha value is -1.75. The van der Waals surface area contributed by atoms with Crippen molar-refractivity contribution in [2.45, 2.75) is 19.4 Å². The van der Waals surface area contributed by atoms with Gasteiger partial charge in [0, 0.05) is 25.4 Å². The van der Waals surface area contributed by atoms with Crippen LogP contribution >= 0.6 is 0 Å². The average molecular weight is 265 g/mol. The van der Waals surface area contributed by atoms with Crippen LogP contribution in [0, 0.1) is 0 Å². The minimum atomic E-state index is -2.41. The van der Waals surface area contributed by atoms with Crippen LogP contribution < -0.4 is 5.32 Å². The van der Waals surface area contributed by atoms with Gasteiger partial charge < -0.3 is 5.32 Å². The number of benzene rings is 1. The zero-order valence-electron chi connectivity index (χ0n) is 10.8. The van der Waals surface area contributed by atoms with E-state index in [1.165, 1.54) is 6.07 Å². The molecule has 0 fully saturated rings. The maximum Gasteiger partial charge on any atom is 0.263 e. The van der Waals surface area contributed by atoms with Crippen LogP contribution in [-0.4, -0.2) is 16.3 Å². The first-order valence-corrected chi connectivity index (χ1v) is 6.20. The van der Waals surface area contributed by atoms with Gasteiger partial charge in [0.1, 0.15) is 0 Å². The lowest BCUT2D eigenvalue weighted by molar-refractivity contribution is 0.151. The summed E-state index contributed by atoms with van der Waals surface area (Å²) in [7, 11) is 1.88. The maximum absolute atomic E-state index is 12.5. The Morgan fingerprint density at radius 1 is 1.32 bits per heavy atom. The van der Waals surface area contributed by atoms with Crippen molar-refractivity contribution in [2.24, 2.45) is 7.05 Å². The van der Waals surface area contributed by atoms with Crippen molar-refractivity contribution in [2.75, 3.05) is 6.54 Å². The molecule has 3 nitrogen and oxygen atoms in total. The molecule has 0 radical (unpaired) electrons. The van der Waals surface area contributed by atoms with Crippen molar-refractivity contribution in [3.8, 4) is 0 Å². The third-order valence-corrected chi connectivity index (χ3v) is 2.88. The summed E-state index contributed by atoms with van der Waals surface area (Å²) in [6.07, 6.45) is 2.27. The van der Waals surface area contributed by atoms with E-state index in [1.54, 1.807) is 16.8 Å². The molecule has 2 aromatic rings. The van der Waals surface area contributed by atoms with Crippen molar-refractivity contribution in [3.05, 3.63) is 53.3 Å². The Kier molecular flexibility index (Phi) is 4.63. The highest BCUT2D eigenvalue weighted by atomic mass is 19.3. The number of nitrogens with zero attached hydrogens (tertiary/aromatic N) is 2. The first-order valence-electron chi connectivity index (χ1n) is 6.20. The number of halogens is 2. The number of hydrogen-bond donors (Lipinski definition) is 1. The van der Waals surface area contributed by atoms with Crippen LogP contribution in [0.1, 0.15) is 23.1 Å². The molecule has 1 aromatic carbocycles. The lowest BCUT2D eigenvalue weighted by Crippen LogP contribution is -2.16. The fourth-order valence-electron chi connectivity index (χ4n) is 1.91. The largest absolute Gasteiger partial charge is 0.312 e. The van der Waals surface area contributed by atoms with Gasteiger partial charge in [-0.05, 0) is 30.2 Å². The van der Waals surface area contributed by atoms with E-state index < -0.39 is 6.43 Å². The summed E-state index contributed by atoms with van der Waals surface area (Å²) in [4.78, 5) is 0. The monoisotopic (exact) mass is 265 g/mol. The van der Waals surface area contributed by atoms with Gasteiger partial charge in [-0.3, -0.25) is 4.68 Å². The molecule has 5 heteroatoms. The third-order valence-electron chi connectivity index (χ3n) is 2.88. The van der Waals surface area contributed by atoms with E-state index in [9.17, 15) is 8.78 Å².